The minimum absolute atomic E-state index is 0.0129. The molecule has 0 aliphatic carbocycles. The molecule has 2 fully saturated rings. The van der Waals surface area contributed by atoms with Gasteiger partial charge >= 0.3 is 8.56 Å². The lowest BCUT2D eigenvalue weighted by Crippen LogP contribution is -2.60. The van der Waals surface area contributed by atoms with E-state index in [0.717, 1.165) is 32.0 Å². The molecule has 22 heavy (non-hydrogen) atoms. The summed E-state index contributed by atoms with van der Waals surface area (Å²) in [5.41, 5.74) is 0.0453. The van der Waals surface area contributed by atoms with Crippen molar-refractivity contribution in [1.82, 2.24) is 4.90 Å². The summed E-state index contributed by atoms with van der Waals surface area (Å²) in [4.78, 5) is 2.43. The number of hydrogen-bond donors (Lipinski definition) is 0. The van der Waals surface area contributed by atoms with E-state index in [1.807, 2.05) is 13.8 Å². The highest BCUT2D eigenvalue weighted by molar-refractivity contribution is 6.67. The fourth-order valence-corrected chi connectivity index (χ4v) is 6.21. The standard InChI is InChI=1S/C16H33NO4Si/c1-5-19-16-9-12-18-13-15(21-22(16,4)20-6-2)17-10-7-14(3)8-11-17/h14-16H,5-13H2,1-4H3. The maximum Gasteiger partial charge on any atom is 0.366 e. The number of hydrogen-bond acceptors (Lipinski definition) is 5. The first-order valence-electron chi connectivity index (χ1n) is 8.84. The van der Waals surface area contributed by atoms with Crippen LogP contribution in [0.4, 0.5) is 0 Å². The van der Waals surface area contributed by atoms with Gasteiger partial charge in [-0.2, -0.15) is 0 Å². The predicted molar refractivity (Wildman–Crippen MR) is 88.9 cm³/mol. The summed E-state index contributed by atoms with van der Waals surface area (Å²) in [6.07, 6.45) is 3.35. The van der Waals surface area contributed by atoms with Crippen molar-refractivity contribution in [3.63, 3.8) is 0 Å². The average Bonchev–Trinajstić information content (AvgIpc) is 2.48. The molecular formula is C16H33NO4Si. The molecule has 0 radical (unpaired) electrons. The van der Waals surface area contributed by atoms with E-state index >= 15 is 0 Å². The molecule has 2 aliphatic heterocycles. The van der Waals surface area contributed by atoms with Gasteiger partial charge in [-0.25, -0.2) is 0 Å². The van der Waals surface area contributed by atoms with Crippen molar-refractivity contribution in [3.8, 4) is 0 Å². The van der Waals surface area contributed by atoms with Crippen LogP contribution < -0.4 is 0 Å². The maximum atomic E-state index is 6.55. The van der Waals surface area contributed by atoms with Gasteiger partial charge in [0.15, 0.2) is 0 Å². The highest BCUT2D eigenvalue weighted by Crippen LogP contribution is 2.26. The second-order valence-electron chi connectivity index (χ2n) is 6.55. The quantitative estimate of drug-likeness (QED) is 0.724. The molecule has 3 atom stereocenters. The van der Waals surface area contributed by atoms with Gasteiger partial charge in [0.25, 0.3) is 0 Å². The van der Waals surface area contributed by atoms with Crippen LogP contribution in [0.25, 0.3) is 0 Å². The molecule has 0 N–H and O–H groups in total. The Morgan fingerprint density at radius 3 is 2.50 bits per heavy atom. The summed E-state index contributed by atoms with van der Waals surface area (Å²) in [7, 11) is -2.38. The minimum atomic E-state index is -2.38. The molecule has 2 saturated heterocycles. The Bertz CT molecular complexity index is 325. The first-order chi connectivity index (χ1) is 10.6. The third-order valence-electron chi connectivity index (χ3n) is 4.76. The summed E-state index contributed by atoms with van der Waals surface area (Å²) in [6, 6.07) is 0. The van der Waals surface area contributed by atoms with Gasteiger partial charge in [0.05, 0.1) is 6.61 Å². The van der Waals surface area contributed by atoms with Gasteiger partial charge in [0.1, 0.15) is 12.0 Å². The van der Waals surface area contributed by atoms with Crippen LogP contribution in [0.5, 0.6) is 0 Å². The molecule has 0 bridgehead atoms. The van der Waals surface area contributed by atoms with Gasteiger partial charge in [0, 0.05) is 32.9 Å². The van der Waals surface area contributed by atoms with E-state index in [1.54, 1.807) is 0 Å². The van der Waals surface area contributed by atoms with Gasteiger partial charge < -0.3 is 18.3 Å². The molecule has 0 aromatic rings. The Morgan fingerprint density at radius 1 is 1.14 bits per heavy atom. The van der Waals surface area contributed by atoms with E-state index in [4.69, 9.17) is 18.3 Å². The minimum Gasteiger partial charge on any atom is -0.393 e. The molecule has 2 rings (SSSR count). The van der Waals surface area contributed by atoms with Crippen LogP contribution in [0, 0.1) is 5.92 Å². The highest BCUT2D eigenvalue weighted by Gasteiger charge is 2.46. The molecular weight excluding hydrogens is 298 g/mol. The van der Waals surface area contributed by atoms with E-state index < -0.39 is 8.56 Å². The maximum absolute atomic E-state index is 6.55. The van der Waals surface area contributed by atoms with E-state index in [9.17, 15) is 0 Å². The molecule has 0 aromatic carbocycles. The van der Waals surface area contributed by atoms with Crippen LogP contribution in [-0.2, 0) is 18.3 Å². The second kappa shape index (κ2) is 8.75. The van der Waals surface area contributed by atoms with Gasteiger partial charge in [0.2, 0.25) is 0 Å². The Balaban J connectivity index is 2.07. The van der Waals surface area contributed by atoms with Gasteiger partial charge in [-0.05, 0) is 45.6 Å². The average molecular weight is 332 g/mol. The summed E-state index contributed by atoms with van der Waals surface area (Å²) in [5.74, 6) is 0.817. The predicted octanol–water partition coefficient (Wildman–Crippen LogP) is 2.53. The Kier molecular flexibility index (Phi) is 7.30. The molecule has 0 aromatic heterocycles. The van der Waals surface area contributed by atoms with Crippen LogP contribution in [0.15, 0.2) is 0 Å². The molecule has 2 aliphatic rings. The number of ether oxygens (including phenoxy) is 2. The molecule has 5 nitrogen and oxygen atoms in total. The SMILES string of the molecule is CCOC1CCOCC(N2CCC(C)CC2)O[Si]1(C)OCC. The first-order valence-corrected chi connectivity index (χ1v) is 11.2. The molecule has 3 unspecified atom stereocenters. The fourth-order valence-electron chi connectivity index (χ4n) is 3.36. The lowest BCUT2D eigenvalue weighted by molar-refractivity contribution is -0.0990. The number of nitrogens with zero attached hydrogens (tertiary/aromatic N) is 1. The van der Waals surface area contributed by atoms with Crippen LogP contribution >= 0.6 is 0 Å². The molecule has 0 spiro atoms. The van der Waals surface area contributed by atoms with Crippen LogP contribution in [-0.4, -0.2) is 64.9 Å². The Morgan fingerprint density at radius 2 is 1.86 bits per heavy atom. The van der Waals surface area contributed by atoms with Gasteiger partial charge in [-0.15, -0.1) is 0 Å². The monoisotopic (exact) mass is 331 g/mol. The van der Waals surface area contributed by atoms with Crippen molar-refractivity contribution >= 4 is 8.56 Å². The zero-order valence-electron chi connectivity index (χ0n) is 14.7. The van der Waals surface area contributed by atoms with Crippen molar-refractivity contribution in [2.75, 3.05) is 39.5 Å². The van der Waals surface area contributed by atoms with E-state index in [1.165, 1.54) is 12.8 Å². The molecule has 2 heterocycles. The third kappa shape index (κ3) is 4.76. The topological polar surface area (TPSA) is 40.2 Å². The number of likely N-dealkylation sites (tertiary alicyclic amines) is 1. The number of piperidine rings is 1. The second-order valence-corrected chi connectivity index (χ2v) is 9.75. The third-order valence-corrected chi connectivity index (χ3v) is 7.99. The van der Waals surface area contributed by atoms with Gasteiger partial charge in [-0.1, -0.05) is 6.92 Å². The molecule has 130 valence electrons. The van der Waals surface area contributed by atoms with Crippen molar-refractivity contribution in [2.45, 2.75) is 58.5 Å². The smallest absolute Gasteiger partial charge is 0.366 e. The lowest BCUT2D eigenvalue weighted by atomic mass is 9.99. The Labute approximate surface area is 136 Å². The van der Waals surface area contributed by atoms with Crippen molar-refractivity contribution in [2.24, 2.45) is 5.92 Å². The van der Waals surface area contributed by atoms with E-state index in [2.05, 4.69) is 18.4 Å². The highest BCUT2D eigenvalue weighted by atomic mass is 28.4. The summed E-state index contributed by atoms with van der Waals surface area (Å²) in [6.45, 7) is 13.5. The molecule has 0 saturated carbocycles. The zero-order valence-corrected chi connectivity index (χ0v) is 15.7. The zero-order chi connectivity index (χ0) is 16.0. The summed E-state index contributed by atoms with van der Waals surface area (Å²) < 4.78 is 24.5. The van der Waals surface area contributed by atoms with Crippen LogP contribution in [0.2, 0.25) is 6.55 Å². The van der Waals surface area contributed by atoms with E-state index in [0.29, 0.717) is 19.8 Å². The van der Waals surface area contributed by atoms with Crippen LogP contribution in [0.1, 0.15) is 40.0 Å². The molecule has 0 amide bonds. The fraction of sp³-hybridized carbons (Fsp3) is 1.00. The van der Waals surface area contributed by atoms with Crippen LogP contribution in [0.3, 0.4) is 0 Å². The van der Waals surface area contributed by atoms with Crippen molar-refractivity contribution in [1.29, 1.82) is 0 Å². The molecule has 6 heteroatoms. The lowest BCUT2D eigenvalue weighted by Gasteiger charge is -2.43. The number of rotatable bonds is 5. The van der Waals surface area contributed by atoms with Gasteiger partial charge in [-0.3, -0.25) is 4.90 Å². The summed E-state index contributed by atoms with van der Waals surface area (Å²) in [5, 5.41) is 0. The van der Waals surface area contributed by atoms with Crippen molar-refractivity contribution in [3.05, 3.63) is 0 Å². The first kappa shape index (κ1) is 18.4. The Hall–Kier alpha value is 0.0169. The van der Waals surface area contributed by atoms with Crippen molar-refractivity contribution < 1.29 is 18.3 Å². The largest absolute Gasteiger partial charge is 0.393 e. The van der Waals surface area contributed by atoms with E-state index in [-0.39, 0.29) is 12.0 Å². The summed E-state index contributed by atoms with van der Waals surface area (Å²) >= 11 is 0. The normalized spacial score (nSPS) is 36.0.